The molecule has 0 bridgehead atoms. The van der Waals surface area contributed by atoms with Crippen LogP contribution in [-0.2, 0) is 6.54 Å². The van der Waals surface area contributed by atoms with Crippen molar-refractivity contribution in [3.63, 3.8) is 0 Å². The highest BCUT2D eigenvalue weighted by Gasteiger charge is 2.14. The van der Waals surface area contributed by atoms with Crippen molar-refractivity contribution >= 4 is 5.96 Å². The topological polar surface area (TPSA) is 63.3 Å². The van der Waals surface area contributed by atoms with Crippen LogP contribution in [0.1, 0.15) is 36.8 Å². The van der Waals surface area contributed by atoms with Gasteiger partial charge in [-0.15, -0.1) is 0 Å². The Balaban J connectivity index is 1.89. The van der Waals surface area contributed by atoms with Crippen LogP contribution in [0.5, 0.6) is 0 Å². The van der Waals surface area contributed by atoms with E-state index in [0.717, 1.165) is 5.56 Å². The molecule has 2 rings (SSSR count). The van der Waals surface area contributed by atoms with Crippen LogP contribution in [0.3, 0.4) is 0 Å². The van der Waals surface area contributed by atoms with Crippen molar-refractivity contribution in [2.45, 2.75) is 45.2 Å². The minimum Gasteiger partial charge on any atom is -0.370 e. The van der Waals surface area contributed by atoms with E-state index in [1.165, 1.54) is 31.2 Å². The van der Waals surface area contributed by atoms with E-state index in [-0.39, 0.29) is 0 Å². The maximum Gasteiger partial charge on any atom is 0.189 e. The van der Waals surface area contributed by atoms with Crippen LogP contribution in [0.25, 0.3) is 0 Å². The molecule has 4 heteroatoms. The van der Waals surface area contributed by atoms with Crippen molar-refractivity contribution in [1.82, 2.24) is 10.3 Å². The first-order valence-corrected chi connectivity index (χ1v) is 6.21. The highest BCUT2D eigenvalue weighted by molar-refractivity contribution is 5.78. The van der Waals surface area contributed by atoms with E-state index in [9.17, 15) is 0 Å². The van der Waals surface area contributed by atoms with Gasteiger partial charge < -0.3 is 11.1 Å². The van der Waals surface area contributed by atoms with Gasteiger partial charge in [-0.2, -0.15) is 0 Å². The van der Waals surface area contributed by atoms with Crippen LogP contribution in [0, 0.1) is 6.92 Å². The molecule has 0 spiro atoms. The molecule has 0 saturated heterocycles. The molecule has 17 heavy (non-hydrogen) atoms. The molecule has 0 unspecified atom stereocenters. The average Bonchev–Trinajstić information content (AvgIpc) is 2.81. The molecule has 1 fully saturated rings. The molecule has 1 heterocycles. The van der Waals surface area contributed by atoms with Crippen molar-refractivity contribution in [3.05, 3.63) is 29.6 Å². The van der Waals surface area contributed by atoms with Gasteiger partial charge in [-0.1, -0.05) is 12.8 Å². The summed E-state index contributed by atoms with van der Waals surface area (Å²) in [4.78, 5) is 8.46. The smallest absolute Gasteiger partial charge is 0.189 e. The fourth-order valence-corrected chi connectivity index (χ4v) is 2.16. The van der Waals surface area contributed by atoms with Crippen molar-refractivity contribution in [2.24, 2.45) is 10.7 Å². The molecule has 4 nitrogen and oxygen atoms in total. The molecular weight excluding hydrogens is 212 g/mol. The number of nitrogens with two attached hydrogens (primary N) is 1. The number of aromatic nitrogens is 1. The Bertz CT molecular complexity index is 394. The lowest BCUT2D eigenvalue weighted by Crippen LogP contribution is -2.38. The number of nitrogens with one attached hydrogen (secondary N) is 1. The van der Waals surface area contributed by atoms with Gasteiger partial charge >= 0.3 is 0 Å². The predicted octanol–water partition coefficient (Wildman–Crippen LogP) is 1.74. The average molecular weight is 232 g/mol. The zero-order valence-electron chi connectivity index (χ0n) is 10.3. The largest absolute Gasteiger partial charge is 0.370 e. The van der Waals surface area contributed by atoms with Crippen molar-refractivity contribution in [3.8, 4) is 0 Å². The van der Waals surface area contributed by atoms with E-state index in [4.69, 9.17) is 5.73 Å². The number of nitrogens with zero attached hydrogens (tertiary/aromatic N) is 2. The van der Waals surface area contributed by atoms with Crippen LogP contribution < -0.4 is 11.1 Å². The molecule has 0 radical (unpaired) electrons. The third-order valence-electron chi connectivity index (χ3n) is 3.27. The summed E-state index contributed by atoms with van der Waals surface area (Å²) in [7, 11) is 0. The molecule has 1 aromatic rings. The van der Waals surface area contributed by atoms with Gasteiger partial charge in [-0.3, -0.25) is 4.98 Å². The maximum absolute atomic E-state index is 5.87. The molecule has 1 aromatic heterocycles. The third-order valence-corrected chi connectivity index (χ3v) is 3.27. The van der Waals surface area contributed by atoms with E-state index in [1.54, 1.807) is 6.20 Å². The molecule has 0 aromatic carbocycles. The lowest BCUT2D eigenvalue weighted by Gasteiger charge is -2.12. The van der Waals surface area contributed by atoms with Crippen LogP contribution in [0.2, 0.25) is 0 Å². The van der Waals surface area contributed by atoms with Gasteiger partial charge in [0.25, 0.3) is 0 Å². The summed E-state index contributed by atoms with van der Waals surface area (Å²) in [5.41, 5.74) is 8.20. The standard InChI is InChI=1S/C13H20N4/c1-10-6-7-15-8-11(10)9-16-13(14)17-12-4-2-3-5-12/h6-8,12H,2-5,9H2,1H3,(H3,14,16,17). The van der Waals surface area contributed by atoms with Crippen molar-refractivity contribution < 1.29 is 0 Å². The lowest BCUT2D eigenvalue weighted by molar-refractivity contribution is 0.625. The van der Waals surface area contributed by atoms with E-state index < -0.39 is 0 Å². The number of rotatable bonds is 3. The maximum atomic E-state index is 5.87. The Morgan fingerprint density at radius 1 is 1.53 bits per heavy atom. The van der Waals surface area contributed by atoms with E-state index in [2.05, 4.69) is 22.2 Å². The Morgan fingerprint density at radius 2 is 2.29 bits per heavy atom. The summed E-state index contributed by atoms with van der Waals surface area (Å²) in [6, 6.07) is 2.51. The fourth-order valence-electron chi connectivity index (χ4n) is 2.16. The SMILES string of the molecule is Cc1ccncc1CN=C(N)NC1CCCC1. The first-order chi connectivity index (χ1) is 8.25. The van der Waals surface area contributed by atoms with Gasteiger partial charge in [-0.25, -0.2) is 4.99 Å². The first kappa shape index (κ1) is 11.9. The molecule has 92 valence electrons. The molecule has 1 aliphatic rings. The van der Waals surface area contributed by atoms with Gasteiger partial charge in [-0.05, 0) is 37.0 Å². The third kappa shape index (κ3) is 3.44. The zero-order valence-corrected chi connectivity index (χ0v) is 10.3. The minimum absolute atomic E-state index is 0.522. The molecule has 0 aliphatic heterocycles. The highest BCUT2D eigenvalue weighted by atomic mass is 15.1. The Labute approximate surface area is 102 Å². The molecule has 3 N–H and O–H groups in total. The quantitative estimate of drug-likeness (QED) is 0.616. The zero-order chi connectivity index (χ0) is 12.1. The number of hydrogen-bond donors (Lipinski definition) is 2. The summed E-state index contributed by atoms with van der Waals surface area (Å²) in [6.07, 6.45) is 8.66. The summed E-state index contributed by atoms with van der Waals surface area (Å²) >= 11 is 0. The fraction of sp³-hybridized carbons (Fsp3) is 0.538. The number of aryl methyl sites for hydroxylation is 1. The second-order valence-electron chi connectivity index (χ2n) is 4.63. The summed E-state index contributed by atoms with van der Waals surface area (Å²) in [5.74, 6) is 0.556. The first-order valence-electron chi connectivity index (χ1n) is 6.21. The molecule has 1 saturated carbocycles. The van der Waals surface area contributed by atoms with Gasteiger partial charge in [0, 0.05) is 18.4 Å². The molecule has 1 aliphatic carbocycles. The van der Waals surface area contributed by atoms with Crippen LogP contribution in [0.15, 0.2) is 23.5 Å². The number of aliphatic imine (C=N–C) groups is 1. The van der Waals surface area contributed by atoms with Gasteiger partial charge in [0.2, 0.25) is 0 Å². The Kier molecular flexibility index (Phi) is 3.96. The Morgan fingerprint density at radius 3 is 3.00 bits per heavy atom. The van der Waals surface area contributed by atoms with E-state index >= 15 is 0 Å². The van der Waals surface area contributed by atoms with Crippen LogP contribution in [0.4, 0.5) is 0 Å². The van der Waals surface area contributed by atoms with Gasteiger partial charge in [0.05, 0.1) is 6.54 Å². The molecule has 0 amide bonds. The lowest BCUT2D eigenvalue weighted by atomic mass is 10.2. The normalized spacial score (nSPS) is 17.4. The minimum atomic E-state index is 0.522. The Hall–Kier alpha value is -1.58. The number of hydrogen-bond acceptors (Lipinski definition) is 2. The summed E-state index contributed by atoms with van der Waals surface area (Å²) in [5, 5.41) is 3.28. The molecular formula is C13H20N4. The highest BCUT2D eigenvalue weighted by Crippen LogP contribution is 2.17. The van der Waals surface area contributed by atoms with Gasteiger partial charge in [0.1, 0.15) is 0 Å². The second kappa shape index (κ2) is 5.66. The van der Waals surface area contributed by atoms with E-state index in [0.29, 0.717) is 18.5 Å². The van der Waals surface area contributed by atoms with Gasteiger partial charge in [0.15, 0.2) is 5.96 Å². The molecule has 0 atom stereocenters. The van der Waals surface area contributed by atoms with Crippen molar-refractivity contribution in [1.29, 1.82) is 0 Å². The second-order valence-corrected chi connectivity index (χ2v) is 4.63. The summed E-state index contributed by atoms with van der Waals surface area (Å²) in [6.45, 7) is 2.67. The number of pyridine rings is 1. The van der Waals surface area contributed by atoms with E-state index in [1.807, 2.05) is 12.3 Å². The van der Waals surface area contributed by atoms with Crippen LogP contribution >= 0.6 is 0 Å². The summed E-state index contributed by atoms with van der Waals surface area (Å²) < 4.78 is 0. The monoisotopic (exact) mass is 232 g/mol. The van der Waals surface area contributed by atoms with Crippen LogP contribution in [-0.4, -0.2) is 17.0 Å². The predicted molar refractivity (Wildman–Crippen MR) is 69.7 cm³/mol. The van der Waals surface area contributed by atoms with Crippen molar-refractivity contribution in [2.75, 3.05) is 0 Å². The number of guanidine groups is 1.